The topological polar surface area (TPSA) is 97.1 Å². The fourth-order valence-electron chi connectivity index (χ4n) is 3.76. The monoisotopic (exact) mass is 414 g/mol. The summed E-state index contributed by atoms with van der Waals surface area (Å²) in [6, 6.07) is 19.9. The van der Waals surface area contributed by atoms with E-state index in [1.165, 1.54) is 0 Å². The first-order chi connectivity index (χ1) is 15.0. The summed E-state index contributed by atoms with van der Waals surface area (Å²) in [7, 11) is 1.92. The van der Waals surface area contributed by atoms with Crippen LogP contribution >= 0.6 is 0 Å². The number of hydrogen-bond acceptors (Lipinski definition) is 4. The molecule has 0 fully saturated rings. The lowest BCUT2D eigenvalue weighted by Crippen LogP contribution is -2.10. The number of nitrogens with zero attached hydrogens (tertiary/aromatic N) is 2. The number of aliphatic hydroxyl groups excluding tert-OH is 1. The van der Waals surface area contributed by atoms with Gasteiger partial charge in [-0.1, -0.05) is 36.4 Å². The van der Waals surface area contributed by atoms with Gasteiger partial charge in [-0.2, -0.15) is 5.10 Å². The molecule has 0 radical (unpaired) electrons. The van der Waals surface area contributed by atoms with Gasteiger partial charge >= 0.3 is 0 Å². The Bertz CT molecular complexity index is 1260. The quantitative estimate of drug-likeness (QED) is 0.315. The largest absolute Gasteiger partial charge is 0.487 e. The van der Waals surface area contributed by atoms with Gasteiger partial charge in [0.15, 0.2) is 0 Å². The molecule has 0 spiro atoms. The fourth-order valence-corrected chi connectivity index (χ4v) is 3.76. The molecule has 3 aromatic carbocycles. The van der Waals surface area contributed by atoms with Crippen LogP contribution in [0, 0.1) is 12.3 Å². The molecule has 158 valence electrons. The van der Waals surface area contributed by atoms with Crippen LogP contribution in [0.5, 0.6) is 5.75 Å². The number of hydrogen-bond donors (Lipinski definition) is 3. The first-order valence-corrected chi connectivity index (χ1v) is 10.2. The molecule has 6 nitrogen and oxygen atoms in total. The molecular weight excluding hydrogens is 388 g/mol. The molecule has 31 heavy (non-hydrogen) atoms. The summed E-state index contributed by atoms with van der Waals surface area (Å²) in [6.45, 7) is 2.43. The Balaban J connectivity index is 1.68. The minimum atomic E-state index is 0.0511. The molecule has 4 N–H and O–H groups in total. The number of ether oxygens (including phenoxy) is 1. The lowest BCUT2D eigenvalue weighted by molar-refractivity contribution is 0.282. The number of fused-ring (bicyclic) bond motifs is 1. The van der Waals surface area contributed by atoms with Gasteiger partial charge in [0.05, 0.1) is 5.52 Å². The molecule has 0 unspecified atom stereocenters. The van der Waals surface area contributed by atoms with Crippen LogP contribution in [0.1, 0.15) is 22.4 Å². The van der Waals surface area contributed by atoms with E-state index in [0.717, 1.165) is 44.6 Å². The standard InChI is InChI=1S/C25H26N4O2/c1-16-6-7-17(10-11-30)24(12-16)31-15-22-21-14-19(8-9-23(21)29(2)28-22)18-4-3-5-20(13-18)25(26)27/h3-9,12-14,30H,10-11,15H2,1-2H3,(H3,26,27). The smallest absolute Gasteiger partial charge is 0.133 e. The predicted octanol–water partition coefficient (Wildman–Crippen LogP) is 3.95. The molecule has 0 bridgehead atoms. The highest BCUT2D eigenvalue weighted by atomic mass is 16.5. The zero-order valence-electron chi connectivity index (χ0n) is 17.7. The van der Waals surface area contributed by atoms with Crippen molar-refractivity contribution in [2.24, 2.45) is 12.8 Å². The molecule has 0 saturated heterocycles. The van der Waals surface area contributed by atoms with E-state index >= 15 is 0 Å². The van der Waals surface area contributed by atoms with Gasteiger partial charge < -0.3 is 15.6 Å². The normalized spacial score (nSPS) is 11.1. The average molecular weight is 415 g/mol. The van der Waals surface area contributed by atoms with Gasteiger partial charge in [0.2, 0.25) is 0 Å². The molecule has 4 aromatic rings. The van der Waals surface area contributed by atoms with Gasteiger partial charge in [0, 0.05) is 24.6 Å². The van der Waals surface area contributed by atoms with Gasteiger partial charge in [-0.25, -0.2) is 0 Å². The summed E-state index contributed by atoms with van der Waals surface area (Å²) in [6.07, 6.45) is 0.551. The van der Waals surface area contributed by atoms with Crippen LogP contribution in [0.2, 0.25) is 0 Å². The average Bonchev–Trinajstić information content (AvgIpc) is 3.09. The van der Waals surface area contributed by atoms with E-state index in [1.54, 1.807) is 0 Å². The van der Waals surface area contributed by atoms with Gasteiger partial charge in [0.1, 0.15) is 23.9 Å². The number of nitrogens with two attached hydrogens (primary N) is 1. The van der Waals surface area contributed by atoms with E-state index in [4.69, 9.17) is 15.9 Å². The van der Waals surface area contributed by atoms with Crippen LogP contribution in [0.15, 0.2) is 60.7 Å². The molecule has 1 heterocycles. The van der Waals surface area contributed by atoms with Crippen molar-refractivity contribution in [3.8, 4) is 16.9 Å². The van der Waals surface area contributed by atoms with E-state index in [-0.39, 0.29) is 12.4 Å². The Labute approximate surface area is 181 Å². The van der Waals surface area contributed by atoms with Gasteiger partial charge in [-0.05, 0) is 59.9 Å². The zero-order valence-corrected chi connectivity index (χ0v) is 17.7. The number of nitrogen functional groups attached to an aromatic ring is 1. The number of aliphatic hydroxyl groups is 1. The minimum absolute atomic E-state index is 0.0511. The maximum atomic E-state index is 9.34. The molecule has 0 aliphatic rings. The molecule has 0 amide bonds. The van der Waals surface area contributed by atoms with Crippen molar-refractivity contribution < 1.29 is 9.84 Å². The molecule has 1 aromatic heterocycles. The van der Waals surface area contributed by atoms with Crippen LogP contribution in [-0.4, -0.2) is 27.3 Å². The third-order valence-corrected chi connectivity index (χ3v) is 5.40. The minimum Gasteiger partial charge on any atom is -0.487 e. The molecule has 4 rings (SSSR count). The lowest BCUT2D eigenvalue weighted by Gasteiger charge is -2.11. The Kier molecular flexibility index (Phi) is 5.73. The number of benzene rings is 3. The Morgan fingerprint density at radius 1 is 1.10 bits per heavy atom. The lowest BCUT2D eigenvalue weighted by atomic mass is 10.0. The predicted molar refractivity (Wildman–Crippen MR) is 123 cm³/mol. The Hall–Kier alpha value is -3.64. The van der Waals surface area contributed by atoms with E-state index in [1.807, 2.05) is 73.3 Å². The highest BCUT2D eigenvalue weighted by molar-refractivity contribution is 5.96. The zero-order chi connectivity index (χ0) is 22.0. The van der Waals surface area contributed by atoms with Crippen molar-refractivity contribution in [2.75, 3.05) is 6.61 Å². The maximum absolute atomic E-state index is 9.34. The van der Waals surface area contributed by atoms with E-state index < -0.39 is 0 Å². The van der Waals surface area contributed by atoms with E-state index in [0.29, 0.717) is 18.6 Å². The molecular formula is C25H26N4O2. The SMILES string of the molecule is Cc1ccc(CCO)c(OCc2nn(C)c3ccc(-c4cccc(C(=N)N)c4)cc23)c1. The number of rotatable bonds is 7. The second-order valence-corrected chi connectivity index (χ2v) is 7.67. The third-order valence-electron chi connectivity index (χ3n) is 5.40. The molecule has 6 heteroatoms. The van der Waals surface area contributed by atoms with E-state index in [2.05, 4.69) is 11.2 Å². The summed E-state index contributed by atoms with van der Waals surface area (Å²) in [5, 5.41) is 22.7. The number of aryl methyl sites for hydroxylation is 2. The summed E-state index contributed by atoms with van der Waals surface area (Å²) in [5.74, 6) is 0.827. The number of aromatic nitrogens is 2. The first-order valence-electron chi connectivity index (χ1n) is 10.2. The van der Waals surface area contributed by atoms with Gasteiger partial charge in [-0.3, -0.25) is 10.1 Å². The van der Waals surface area contributed by atoms with Crippen molar-refractivity contribution in [3.05, 3.63) is 83.0 Å². The maximum Gasteiger partial charge on any atom is 0.133 e. The Morgan fingerprint density at radius 3 is 2.68 bits per heavy atom. The summed E-state index contributed by atoms with van der Waals surface area (Å²) in [4.78, 5) is 0. The highest BCUT2D eigenvalue weighted by Crippen LogP contribution is 2.28. The molecule has 0 aliphatic heterocycles. The number of nitrogens with one attached hydrogen (secondary N) is 1. The van der Waals surface area contributed by atoms with Gasteiger partial charge in [0.25, 0.3) is 0 Å². The summed E-state index contributed by atoms with van der Waals surface area (Å²) < 4.78 is 8.00. The first kappa shape index (κ1) is 20.6. The van der Waals surface area contributed by atoms with Crippen LogP contribution < -0.4 is 10.5 Å². The number of amidine groups is 1. The molecule has 0 aliphatic carbocycles. The highest BCUT2D eigenvalue weighted by Gasteiger charge is 2.13. The summed E-state index contributed by atoms with van der Waals surface area (Å²) in [5.41, 5.74) is 12.3. The third kappa shape index (κ3) is 4.29. The second kappa shape index (κ2) is 8.62. The van der Waals surface area contributed by atoms with Crippen molar-refractivity contribution >= 4 is 16.7 Å². The van der Waals surface area contributed by atoms with Crippen LogP contribution in [0.3, 0.4) is 0 Å². The van der Waals surface area contributed by atoms with Crippen LogP contribution in [-0.2, 0) is 20.1 Å². The van der Waals surface area contributed by atoms with Crippen molar-refractivity contribution in [1.82, 2.24) is 9.78 Å². The van der Waals surface area contributed by atoms with Crippen molar-refractivity contribution in [1.29, 1.82) is 5.41 Å². The van der Waals surface area contributed by atoms with Crippen LogP contribution in [0.25, 0.3) is 22.0 Å². The second-order valence-electron chi connectivity index (χ2n) is 7.67. The summed E-state index contributed by atoms with van der Waals surface area (Å²) >= 11 is 0. The van der Waals surface area contributed by atoms with Crippen LogP contribution in [0.4, 0.5) is 0 Å². The molecule has 0 saturated carbocycles. The van der Waals surface area contributed by atoms with Gasteiger partial charge in [-0.15, -0.1) is 0 Å². The van der Waals surface area contributed by atoms with E-state index in [9.17, 15) is 5.11 Å². The Morgan fingerprint density at radius 2 is 1.90 bits per heavy atom. The van der Waals surface area contributed by atoms with Crippen molar-refractivity contribution in [2.45, 2.75) is 20.0 Å². The molecule has 0 atom stereocenters. The van der Waals surface area contributed by atoms with Crippen molar-refractivity contribution in [3.63, 3.8) is 0 Å². The fraction of sp³-hybridized carbons (Fsp3) is 0.200.